The molecular formula is C15H22ClNO2. The Hall–Kier alpha value is -1.06. The second kappa shape index (κ2) is 8.18. The summed E-state index contributed by atoms with van der Waals surface area (Å²) in [6.07, 6.45) is 0.622. The maximum Gasteiger partial charge on any atom is 0.245 e. The van der Waals surface area contributed by atoms with Crippen molar-refractivity contribution in [3.63, 3.8) is 0 Å². The summed E-state index contributed by atoms with van der Waals surface area (Å²) in [5.41, 5.74) is 1.97. The van der Waals surface area contributed by atoms with E-state index in [1.165, 1.54) is 0 Å². The highest BCUT2D eigenvalue weighted by Gasteiger charge is 2.23. The minimum absolute atomic E-state index is 0.0573. The van der Waals surface area contributed by atoms with E-state index in [1.54, 1.807) is 4.90 Å². The van der Waals surface area contributed by atoms with Crippen LogP contribution >= 0.6 is 11.6 Å². The summed E-state index contributed by atoms with van der Waals surface area (Å²) in [6.45, 7) is 7.54. The Bertz CT molecular complexity index is 409. The van der Waals surface area contributed by atoms with Gasteiger partial charge in [-0.2, -0.15) is 0 Å². The van der Waals surface area contributed by atoms with Crippen molar-refractivity contribution in [2.75, 3.05) is 24.7 Å². The van der Waals surface area contributed by atoms with Crippen LogP contribution in [-0.4, -0.2) is 31.0 Å². The van der Waals surface area contributed by atoms with E-state index in [0.717, 1.165) is 11.3 Å². The Morgan fingerprint density at radius 3 is 2.63 bits per heavy atom. The Kier molecular flexibility index (Phi) is 6.89. The van der Waals surface area contributed by atoms with Crippen LogP contribution in [-0.2, 0) is 9.53 Å². The Morgan fingerprint density at radius 2 is 2.05 bits per heavy atom. The van der Waals surface area contributed by atoms with Gasteiger partial charge in [0.05, 0.1) is 6.61 Å². The number of benzene rings is 1. The predicted molar refractivity (Wildman–Crippen MR) is 80.0 cm³/mol. The molecule has 19 heavy (non-hydrogen) atoms. The number of hydrogen-bond acceptors (Lipinski definition) is 2. The van der Waals surface area contributed by atoms with E-state index in [9.17, 15) is 4.79 Å². The highest BCUT2D eigenvalue weighted by Crippen LogP contribution is 2.21. The summed E-state index contributed by atoms with van der Waals surface area (Å²) in [4.78, 5) is 14.1. The number of carbonyl (C=O) groups is 1. The first kappa shape index (κ1) is 16.0. The number of halogens is 1. The minimum atomic E-state index is -0.485. The lowest BCUT2D eigenvalue weighted by molar-refractivity contribution is -0.118. The molecule has 1 unspecified atom stereocenters. The zero-order valence-corrected chi connectivity index (χ0v) is 12.6. The highest BCUT2D eigenvalue weighted by molar-refractivity contribution is 6.32. The third kappa shape index (κ3) is 4.51. The molecule has 106 valence electrons. The van der Waals surface area contributed by atoms with Gasteiger partial charge < -0.3 is 9.64 Å². The Labute approximate surface area is 120 Å². The van der Waals surface area contributed by atoms with Gasteiger partial charge in [0.1, 0.15) is 5.38 Å². The van der Waals surface area contributed by atoms with Crippen LogP contribution in [0.3, 0.4) is 0 Å². The van der Waals surface area contributed by atoms with E-state index in [0.29, 0.717) is 26.2 Å². The first-order chi connectivity index (χ1) is 9.11. The SMILES string of the molecule is CCOCCN(C(=O)C(Cl)CC)c1ccccc1C. The van der Waals surface area contributed by atoms with Gasteiger partial charge in [0.15, 0.2) is 0 Å². The fourth-order valence-electron chi connectivity index (χ4n) is 1.86. The molecule has 1 aromatic carbocycles. The van der Waals surface area contributed by atoms with Crippen LogP contribution in [0.25, 0.3) is 0 Å². The number of para-hydroxylation sites is 1. The maximum atomic E-state index is 12.4. The number of aryl methyl sites for hydroxylation is 1. The van der Waals surface area contributed by atoms with Crippen LogP contribution < -0.4 is 4.90 Å². The molecule has 1 atom stereocenters. The maximum absolute atomic E-state index is 12.4. The molecule has 0 heterocycles. The molecule has 0 N–H and O–H groups in total. The summed E-state index contributed by atoms with van der Waals surface area (Å²) in [6, 6.07) is 7.82. The first-order valence-electron chi connectivity index (χ1n) is 6.70. The Balaban J connectivity index is 2.92. The monoisotopic (exact) mass is 283 g/mol. The number of carbonyl (C=O) groups excluding carboxylic acids is 1. The zero-order chi connectivity index (χ0) is 14.3. The number of alkyl halides is 1. The van der Waals surface area contributed by atoms with Crippen molar-refractivity contribution in [2.45, 2.75) is 32.6 Å². The standard InChI is InChI=1S/C15H22ClNO2/c1-4-13(16)15(18)17(10-11-19-5-2)14-9-7-6-8-12(14)3/h6-9,13H,4-5,10-11H2,1-3H3. The summed E-state index contributed by atoms with van der Waals surface area (Å²) in [5.74, 6) is -0.0573. The summed E-state index contributed by atoms with van der Waals surface area (Å²) in [5, 5.41) is -0.485. The van der Waals surface area contributed by atoms with Crippen LogP contribution in [0.4, 0.5) is 5.69 Å². The van der Waals surface area contributed by atoms with Gasteiger partial charge in [0.25, 0.3) is 0 Å². The van der Waals surface area contributed by atoms with E-state index in [4.69, 9.17) is 16.3 Å². The van der Waals surface area contributed by atoms with Crippen LogP contribution in [0.5, 0.6) is 0 Å². The van der Waals surface area contributed by atoms with Gasteiger partial charge >= 0.3 is 0 Å². The lowest BCUT2D eigenvalue weighted by Crippen LogP contribution is -2.39. The summed E-state index contributed by atoms with van der Waals surface area (Å²) < 4.78 is 5.35. The third-order valence-corrected chi connectivity index (χ3v) is 3.46. The average molecular weight is 284 g/mol. The van der Waals surface area contributed by atoms with E-state index in [-0.39, 0.29) is 5.91 Å². The average Bonchev–Trinajstić information content (AvgIpc) is 2.43. The molecule has 4 heteroatoms. The van der Waals surface area contributed by atoms with Crippen molar-refractivity contribution < 1.29 is 9.53 Å². The summed E-state index contributed by atoms with van der Waals surface area (Å²) in [7, 11) is 0. The number of ether oxygens (including phenoxy) is 1. The second-order valence-corrected chi connectivity index (χ2v) is 4.88. The molecular weight excluding hydrogens is 262 g/mol. The third-order valence-electron chi connectivity index (χ3n) is 2.96. The summed E-state index contributed by atoms with van der Waals surface area (Å²) >= 11 is 6.09. The largest absolute Gasteiger partial charge is 0.380 e. The number of amides is 1. The molecule has 1 amide bonds. The van der Waals surface area contributed by atoms with E-state index in [1.807, 2.05) is 45.0 Å². The lowest BCUT2D eigenvalue weighted by Gasteiger charge is -2.26. The van der Waals surface area contributed by atoms with Gasteiger partial charge in [-0.1, -0.05) is 25.1 Å². The number of nitrogens with zero attached hydrogens (tertiary/aromatic N) is 1. The quantitative estimate of drug-likeness (QED) is 0.567. The zero-order valence-electron chi connectivity index (χ0n) is 11.9. The van der Waals surface area contributed by atoms with Crippen molar-refractivity contribution >= 4 is 23.2 Å². The molecule has 1 aromatic rings. The van der Waals surface area contributed by atoms with Crippen molar-refractivity contribution in [1.82, 2.24) is 0 Å². The molecule has 0 saturated carbocycles. The fourth-order valence-corrected chi connectivity index (χ4v) is 1.98. The van der Waals surface area contributed by atoms with Gasteiger partial charge in [-0.3, -0.25) is 4.79 Å². The molecule has 0 saturated heterocycles. The van der Waals surface area contributed by atoms with Crippen LogP contribution in [0.1, 0.15) is 25.8 Å². The molecule has 0 spiro atoms. The molecule has 3 nitrogen and oxygen atoms in total. The van der Waals surface area contributed by atoms with Gasteiger partial charge in [0, 0.05) is 18.8 Å². The Morgan fingerprint density at radius 1 is 1.37 bits per heavy atom. The smallest absolute Gasteiger partial charge is 0.245 e. The number of hydrogen-bond donors (Lipinski definition) is 0. The van der Waals surface area contributed by atoms with Crippen LogP contribution in [0.15, 0.2) is 24.3 Å². The van der Waals surface area contributed by atoms with Crippen molar-refractivity contribution in [2.24, 2.45) is 0 Å². The van der Waals surface area contributed by atoms with Gasteiger partial charge in [-0.15, -0.1) is 11.6 Å². The van der Waals surface area contributed by atoms with Gasteiger partial charge in [-0.25, -0.2) is 0 Å². The van der Waals surface area contributed by atoms with E-state index >= 15 is 0 Å². The van der Waals surface area contributed by atoms with E-state index in [2.05, 4.69) is 0 Å². The topological polar surface area (TPSA) is 29.5 Å². The molecule has 1 rings (SSSR count). The predicted octanol–water partition coefficient (Wildman–Crippen LogP) is 3.38. The van der Waals surface area contributed by atoms with Gasteiger partial charge in [0.2, 0.25) is 5.91 Å². The molecule has 0 aliphatic heterocycles. The highest BCUT2D eigenvalue weighted by atomic mass is 35.5. The molecule has 0 fully saturated rings. The molecule has 0 aliphatic rings. The van der Waals surface area contributed by atoms with Crippen LogP contribution in [0.2, 0.25) is 0 Å². The van der Waals surface area contributed by atoms with Crippen molar-refractivity contribution in [3.05, 3.63) is 29.8 Å². The second-order valence-electron chi connectivity index (χ2n) is 4.35. The van der Waals surface area contributed by atoms with Crippen molar-refractivity contribution in [1.29, 1.82) is 0 Å². The molecule has 0 aromatic heterocycles. The minimum Gasteiger partial charge on any atom is -0.380 e. The number of rotatable bonds is 7. The first-order valence-corrected chi connectivity index (χ1v) is 7.14. The number of anilines is 1. The molecule has 0 bridgehead atoms. The van der Waals surface area contributed by atoms with Gasteiger partial charge in [-0.05, 0) is 31.9 Å². The van der Waals surface area contributed by atoms with Crippen LogP contribution in [0, 0.1) is 6.92 Å². The lowest BCUT2D eigenvalue weighted by atomic mass is 10.1. The molecule has 0 aliphatic carbocycles. The van der Waals surface area contributed by atoms with E-state index < -0.39 is 5.38 Å². The normalized spacial score (nSPS) is 12.2. The fraction of sp³-hybridized carbons (Fsp3) is 0.533. The molecule has 0 radical (unpaired) electrons. The van der Waals surface area contributed by atoms with Crippen molar-refractivity contribution in [3.8, 4) is 0 Å².